The normalized spacial score (nSPS) is 12.6. The second-order valence-electron chi connectivity index (χ2n) is 6.51. The van der Waals surface area contributed by atoms with E-state index in [1.165, 1.54) is 24.3 Å². The monoisotopic (exact) mass is 494 g/mol. The average molecular weight is 495 g/mol. The second kappa shape index (κ2) is 9.09. The van der Waals surface area contributed by atoms with Crippen molar-refractivity contribution >= 4 is 48.6 Å². The zero-order valence-electron chi connectivity index (χ0n) is 15.9. The van der Waals surface area contributed by atoms with Crippen LogP contribution in [-0.4, -0.2) is 49.5 Å². The molecule has 0 fully saturated rings. The number of aliphatic hydroxyl groups excluding tert-OH is 1. The van der Waals surface area contributed by atoms with Gasteiger partial charge in [0.25, 0.3) is 0 Å². The summed E-state index contributed by atoms with van der Waals surface area (Å²) >= 11 is 3.21. The van der Waals surface area contributed by atoms with Crippen molar-refractivity contribution in [2.24, 2.45) is 0 Å². The molecule has 1 unspecified atom stereocenters. The van der Waals surface area contributed by atoms with Gasteiger partial charge < -0.3 is 14.8 Å². The molecule has 0 spiro atoms. The number of fused-ring (bicyclic) bond motifs is 1. The Kier molecular flexibility index (Phi) is 6.71. The molecule has 0 saturated heterocycles. The lowest BCUT2D eigenvalue weighted by Crippen LogP contribution is -2.44. The van der Waals surface area contributed by atoms with Crippen LogP contribution in [0.3, 0.4) is 0 Å². The van der Waals surface area contributed by atoms with Crippen LogP contribution in [0.1, 0.15) is 16.1 Å². The third-order valence-electron chi connectivity index (χ3n) is 4.41. The molecule has 1 atom stereocenters. The molecule has 158 valence electrons. The standard InChI is InChI=1S/C20H19BrN2O6S/c1-12-19(15-4-2-3-5-16(15)22-12)18(25)11-29-20(26)17(10-24)23-30(27,28)14-8-6-13(21)7-9-14/h2-9,17,22-24H,10-11H2,1H3. The van der Waals surface area contributed by atoms with Crippen LogP contribution < -0.4 is 4.72 Å². The molecule has 3 aromatic rings. The molecule has 2 aromatic carbocycles. The number of Topliss-reactive ketones (excluding diaryl/α,β-unsaturated/α-hetero) is 1. The van der Waals surface area contributed by atoms with Gasteiger partial charge in [0, 0.05) is 26.6 Å². The van der Waals surface area contributed by atoms with E-state index in [4.69, 9.17) is 4.74 Å². The van der Waals surface area contributed by atoms with E-state index in [0.717, 1.165) is 5.52 Å². The Labute approximate surface area is 181 Å². The molecule has 0 bridgehead atoms. The Morgan fingerprint density at radius 2 is 1.83 bits per heavy atom. The highest BCUT2D eigenvalue weighted by Gasteiger charge is 2.27. The SMILES string of the molecule is Cc1[nH]c2ccccc2c1C(=O)COC(=O)C(CO)NS(=O)(=O)c1ccc(Br)cc1. The number of hydrogen-bond donors (Lipinski definition) is 3. The van der Waals surface area contributed by atoms with Crippen molar-refractivity contribution < 1.29 is 27.9 Å². The minimum absolute atomic E-state index is 0.0811. The predicted octanol–water partition coefficient (Wildman–Crippen LogP) is 2.30. The number of benzene rings is 2. The average Bonchev–Trinajstić information content (AvgIpc) is 3.06. The van der Waals surface area contributed by atoms with Gasteiger partial charge in [0.2, 0.25) is 15.8 Å². The van der Waals surface area contributed by atoms with Crippen molar-refractivity contribution in [3.8, 4) is 0 Å². The first kappa shape index (κ1) is 22.2. The van der Waals surface area contributed by atoms with Gasteiger partial charge in [0.1, 0.15) is 6.04 Å². The highest BCUT2D eigenvalue weighted by atomic mass is 79.9. The largest absolute Gasteiger partial charge is 0.456 e. The summed E-state index contributed by atoms with van der Waals surface area (Å²) in [5.41, 5.74) is 1.81. The van der Waals surface area contributed by atoms with Crippen molar-refractivity contribution in [1.29, 1.82) is 0 Å². The van der Waals surface area contributed by atoms with Crippen LogP contribution in [0.15, 0.2) is 57.9 Å². The molecule has 0 radical (unpaired) electrons. The molecule has 0 amide bonds. The van der Waals surface area contributed by atoms with Gasteiger partial charge in [-0.3, -0.25) is 9.59 Å². The number of nitrogens with one attached hydrogen (secondary N) is 2. The summed E-state index contributed by atoms with van der Waals surface area (Å²) in [4.78, 5) is 27.9. The topological polar surface area (TPSA) is 126 Å². The minimum atomic E-state index is -4.07. The minimum Gasteiger partial charge on any atom is -0.456 e. The van der Waals surface area contributed by atoms with Gasteiger partial charge >= 0.3 is 5.97 Å². The molecule has 3 rings (SSSR count). The summed E-state index contributed by atoms with van der Waals surface area (Å²) in [5.74, 6) is -1.49. The summed E-state index contributed by atoms with van der Waals surface area (Å²) in [6.45, 7) is 0.324. The van der Waals surface area contributed by atoms with E-state index in [2.05, 4.69) is 25.6 Å². The molecule has 8 nitrogen and oxygen atoms in total. The first-order valence-electron chi connectivity index (χ1n) is 8.89. The Morgan fingerprint density at radius 1 is 1.17 bits per heavy atom. The Balaban J connectivity index is 1.68. The molecule has 0 aliphatic rings. The number of carbonyl (C=O) groups excluding carboxylic acids is 2. The number of carbonyl (C=O) groups is 2. The van der Waals surface area contributed by atoms with E-state index in [0.29, 0.717) is 21.1 Å². The fourth-order valence-corrected chi connectivity index (χ4v) is 4.41. The zero-order chi connectivity index (χ0) is 21.9. The van der Waals surface area contributed by atoms with Crippen molar-refractivity contribution in [2.45, 2.75) is 17.9 Å². The van der Waals surface area contributed by atoms with Crippen LogP contribution >= 0.6 is 15.9 Å². The van der Waals surface area contributed by atoms with Crippen LogP contribution in [0, 0.1) is 6.92 Å². The number of aryl methyl sites for hydroxylation is 1. The molecular weight excluding hydrogens is 476 g/mol. The number of para-hydroxylation sites is 1. The number of ketones is 1. The van der Waals surface area contributed by atoms with Gasteiger partial charge in [0.05, 0.1) is 11.5 Å². The third kappa shape index (κ3) is 4.78. The maximum absolute atomic E-state index is 12.6. The van der Waals surface area contributed by atoms with Crippen LogP contribution in [0.5, 0.6) is 0 Å². The van der Waals surface area contributed by atoms with Crippen LogP contribution in [-0.2, 0) is 19.6 Å². The fraction of sp³-hybridized carbons (Fsp3) is 0.200. The van der Waals surface area contributed by atoms with E-state index >= 15 is 0 Å². The number of hydrogen-bond acceptors (Lipinski definition) is 6. The van der Waals surface area contributed by atoms with Gasteiger partial charge in [-0.15, -0.1) is 0 Å². The van der Waals surface area contributed by atoms with Crippen molar-refractivity contribution in [1.82, 2.24) is 9.71 Å². The smallest absolute Gasteiger partial charge is 0.327 e. The molecule has 10 heteroatoms. The number of aromatic nitrogens is 1. The molecule has 1 heterocycles. The van der Waals surface area contributed by atoms with Crippen molar-refractivity contribution in [3.05, 3.63) is 64.3 Å². The van der Waals surface area contributed by atoms with Crippen LogP contribution in [0.4, 0.5) is 0 Å². The zero-order valence-corrected chi connectivity index (χ0v) is 18.3. The number of aromatic amines is 1. The Hall–Kier alpha value is -2.53. The highest BCUT2D eigenvalue weighted by molar-refractivity contribution is 9.10. The number of aliphatic hydroxyl groups is 1. The van der Waals surface area contributed by atoms with E-state index in [1.807, 2.05) is 12.1 Å². The molecule has 1 aromatic heterocycles. The number of rotatable bonds is 8. The number of ether oxygens (including phenoxy) is 1. The van der Waals surface area contributed by atoms with E-state index in [1.54, 1.807) is 19.1 Å². The van der Waals surface area contributed by atoms with Crippen LogP contribution in [0.2, 0.25) is 0 Å². The maximum Gasteiger partial charge on any atom is 0.327 e. The number of sulfonamides is 1. The molecule has 0 aliphatic heterocycles. The first-order chi connectivity index (χ1) is 14.2. The summed E-state index contributed by atoms with van der Waals surface area (Å²) in [6.07, 6.45) is 0. The van der Waals surface area contributed by atoms with Gasteiger partial charge in [0.15, 0.2) is 6.61 Å². The van der Waals surface area contributed by atoms with E-state index < -0.39 is 41.0 Å². The number of esters is 1. The Morgan fingerprint density at radius 3 is 2.50 bits per heavy atom. The first-order valence-corrected chi connectivity index (χ1v) is 11.2. The van der Waals surface area contributed by atoms with Crippen molar-refractivity contribution in [2.75, 3.05) is 13.2 Å². The highest BCUT2D eigenvalue weighted by Crippen LogP contribution is 2.22. The maximum atomic E-state index is 12.6. The molecule has 0 aliphatic carbocycles. The summed E-state index contributed by atoms with van der Waals surface area (Å²) in [5, 5.41) is 10.2. The van der Waals surface area contributed by atoms with Gasteiger partial charge in [-0.1, -0.05) is 34.1 Å². The lowest BCUT2D eigenvalue weighted by atomic mass is 10.1. The van der Waals surface area contributed by atoms with Gasteiger partial charge in [-0.2, -0.15) is 4.72 Å². The Bertz CT molecular complexity index is 1190. The second-order valence-corrected chi connectivity index (χ2v) is 9.14. The quantitative estimate of drug-likeness (QED) is 0.325. The third-order valence-corrected chi connectivity index (χ3v) is 6.42. The lowest BCUT2D eigenvalue weighted by molar-refractivity contribution is -0.145. The summed E-state index contributed by atoms with van der Waals surface area (Å²) in [7, 11) is -4.07. The van der Waals surface area contributed by atoms with Gasteiger partial charge in [-0.05, 0) is 37.3 Å². The molecule has 3 N–H and O–H groups in total. The summed E-state index contributed by atoms with van der Waals surface area (Å²) in [6, 6.07) is 11.4. The molecular formula is C20H19BrN2O6S. The van der Waals surface area contributed by atoms with Gasteiger partial charge in [-0.25, -0.2) is 8.42 Å². The predicted molar refractivity (Wildman–Crippen MR) is 114 cm³/mol. The van der Waals surface area contributed by atoms with Crippen LogP contribution in [0.25, 0.3) is 10.9 Å². The number of halogens is 1. The fourth-order valence-electron chi connectivity index (χ4n) is 2.97. The van der Waals surface area contributed by atoms with Crippen molar-refractivity contribution in [3.63, 3.8) is 0 Å². The number of H-pyrrole nitrogens is 1. The van der Waals surface area contributed by atoms with E-state index in [9.17, 15) is 23.1 Å². The molecule has 30 heavy (non-hydrogen) atoms. The summed E-state index contributed by atoms with van der Waals surface area (Å²) < 4.78 is 32.6. The molecule has 0 saturated carbocycles. The van der Waals surface area contributed by atoms with E-state index in [-0.39, 0.29) is 4.90 Å². The lowest BCUT2D eigenvalue weighted by Gasteiger charge is -2.15.